The largest absolute Gasteiger partial charge is 0.348 e. The summed E-state index contributed by atoms with van der Waals surface area (Å²) in [4.78, 5) is 9.63. The van der Waals surface area contributed by atoms with E-state index < -0.39 is 10.0 Å². The quantitative estimate of drug-likeness (QED) is 0.404. The maximum absolute atomic E-state index is 10.7. The summed E-state index contributed by atoms with van der Waals surface area (Å²) in [5.74, 6) is 0. The van der Waals surface area contributed by atoms with Crippen LogP contribution in [0.25, 0.3) is 0 Å². The van der Waals surface area contributed by atoms with Gasteiger partial charge in [0.2, 0.25) is 10.0 Å². The molecule has 0 aromatic heterocycles. The number of amides is 1. The van der Waals surface area contributed by atoms with Gasteiger partial charge in [0, 0.05) is 18.5 Å². The summed E-state index contributed by atoms with van der Waals surface area (Å²) in [5, 5.41) is 3.13. The molecule has 0 saturated heterocycles. The Morgan fingerprint density at radius 2 is 2.08 bits per heavy atom. The van der Waals surface area contributed by atoms with Crippen LogP contribution < -0.4 is 10.0 Å². The Kier molecular flexibility index (Phi) is 5.31. The van der Waals surface area contributed by atoms with Crippen LogP contribution in [0, 0.1) is 0 Å². The molecule has 2 N–H and O–H groups in total. The lowest BCUT2D eigenvalue weighted by molar-refractivity contribution is 0.539. The van der Waals surface area contributed by atoms with Gasteiger partial charge in [0.1, 0.15) is 0 Å². The molecule has 0 spiro atoms. The monoisotopic (exact) mass is 191 g/mol. The zero-order valence-corrected chi connectivity index (χ0v) is 7.36. The molecule has 0 aromatic rings. The molecule has 0 aliphatic carbocycles. The second-order valence-electron chi connectivity index (χ2n) is 1.99. The van der Waals surface area contributed by atoms with E-state index in [9.17, 15) is 13.2 Å². The minimum atomic E-state index is -3.32. The number of hydrogen-bond acceptors (Lipinski definition) is 3. The Balaban J connectivity index is 3.44. The fraction of sp³-hybridized carbons (Fsp3) is 0.500. The summed E-state index contributed by atoms with van der Waals surface area (Å²) in [6.07, 6.45) is 2.01. The molecule has 69 valence electrons. The highest BCUT2D eigenvalue weighted by Crippen LogP contribution is 1.83. The van der Waals surface area contributed by atoms with Crippen LogP contribution in [0.4, 0.5) is 0 Å². The van der Waals surface area contributed by atoms with Crippen LogP contribution in [0.3, 0.4) is 0 Å². The van der Waals surface area contributed by atoms with E-state index in [4.69, 9.17) is 0 Å². The van der Waals surface area contributed by atoms with Crippen molar-refractivity contribution >= 4 is 16.4 Å². The zero-order valence-electron chi connectivity index (χ0n) is 6.54. The fourth-order valence-electron chi connectivity index (χ4n) is 0.501. The molecule has 0 fully saturated rings. The van der Waals surface area contributed by atoms with Crippen molar-refractivity contribution in [2.45, 2.75) is 6.42 Å². The first kappa shape index (κ1) is 11.1. The van der Waals surface area contributed by atoms with Crippen molar-refractivity contribution in [3.63, 3.8) is 0 Å². The fourth-order valence-corrected chi connectivity index (χ4v) is 1.05. The van der Waals surface area contributed by atoms with Crippen LogP contribution in [-0.2, 0) is 14.8 Å². The smallest absolute Gasteiger partial charge is 0.309 e. The first-order chi connectivity index (χ1) is 5.62. The third-order valence-electron chi connectivity index (χ3n) is 1.07. The Morgan fingerprint density at radius 1 is 1.42 bits per heavy atom. The molecule has 0 heterocycles. The molecule has 6 heteroatoms. The van der Waals surface area contributed by atoms with Gasteiger partial charge in [-0.3, -0.25) is 4.79 Å². The summed E-state index contributed by atoms with van der Waals surface area (Å²) in [7, 11) is -3.32. The predicted octanol–water partition coefficient (Wildman–Crippen LogP) is -0.904. The molecule has 1 radical (unpaired) electrons. The number of carbonyl (C=O) groups excluding carboxylic acids is 1. The molecule has 5 nitrogen and oxygen atoms in total. The van der Waals surface area contributed by atoms with Gasteiger partial charge in [0.05, 0.1) is 0 Å². The summed E-state index contributed by atoms with van der Waals surface area (Å²) >= 11 is 0. The number of nitrogens with one attached hydrogen (secondary N) is 2. The average molecular weight is 191 g/mol. The van der Waals surface area contributed by atoms with Gasteiger partial charge in [-0.15, -0.1) is 0 Å². The lowest BCUT2D eigenvalue weighted by Crippen LogP contribution is -2.25. The first-order valence-electron chi connectivity index (χ1n) is 3.34. The highest BCUT2D eigenvalue weighted by molar-refractivity contribution is 7.92. The lowest BCUT2D eigenvalue weighted by atomic mass is 10.4. The van der Waals surface area contributed by atoms with Crippen molar-refractivity contribution in [2.24, 2.45) is 0 Å². The van der Waals surface area contributed by atoms with Crippen LogP contribution in [0.5, 0.6) is 0 Å². The zero-order chi connectivity index (χ0) is 9.45. The second kappa shape index (κ2) is 5.73. The van der Waals surface area contributed by atoms with Crippen molar-refractivity contribution in [1.29, 1.82) is 0 Å². The van der Waals surface area contributed by atoms with Gasteiger partial charge < -0.3 is 5.32 Å². The topological polar surface area (TPSA) is 75.3 Å². The average Bonchev–Trinajstić information content (AvgIpc) is 2.04. The normalized spacial score (nSPS) is 10.7. The highest BCUT2D eigenvalue weighted by Gasteiger charge is 2.00. The summed E-state index contributed by atoms with van der Waals surface area (Å²) in [5.41, 5.74) is 0. The van der Waals surface area contributed by atoms with Gasteiger partial charge in [-0.05, 0) is 6.42 Å². The van der Waals surface area contributed by atoms with Crippen LogP contribution >= 0.6 is 0 Å². The van der Waals surface area contributed by atoms with Crippen molar-refractivity contribution in [2.75, 3.05) is 13.1 Å². The maximum atomic E-state index is 10.7. The molecule has 0 unspecified atom stereocenters. The van der Waals surface area contributed by atoms with Gasteiger partial charge in [-0.25, -0.2) is 13.1 Å². The van der Waals surface area contributed by atoms with E-state index in [0.29, 0.717) is 13.0 Å². The number of hydrogen-bond donors (Lipinski definition) is 2. The molecule has 0 bridgehead atoms. The van der Waals surface area contributed by atoms with Crippen LogP contribution in [0.1, 0.15) is 6.42 Å². The molecule has 0 saturated carbocycles. The van der Waals surface area contributed by atoms with Crippen LogP contribution in [0.2, 0.25) is 0 Å². The molecular formula is C6H11N2O3S. The highest BCUT2D eigenvalue weighted by atomic mass is 32.2. The van der Waals surface area contributed by atoms with E-state index in [1.54, 1.807) is 0 Å². The standard InChI is InChI=1S/C6H11N2O3S/c1-2-12(10,11)8-5-3-4-7-6-9/h2,8H,1,3-5H2,(H,7,9). The van der Waals surface area contributed by atoms with Crippen molar-refractivity contribution in [3.8, 4) is 0 Å². The van der Waals surface area contributed by atoms with Crippen LogP contribution in [0.15, 0.2) is 12.0 Å². The van der Waals surface area contributed by atoms with Gasteiger partial charge in [0.15, 0.2) is 0 Å². The molecule has 0 aromatic carbocycles. The van der Waals surface area contributed by atoms with Crippen molar-refractivity contribution in [3.05, 3.63) is 12.0 Å². The number of sulfonamides is 1. The molecular weight excluding hydrogens is 180 g/mol. The van der Waals surface area contributed by atoms with E-state index in [1.807, 2.05) is 0 Å². The van der Waals surface area contributed by atoms with E-state index in [0.717, 1.165) is 5.41 Å². The molecule has 0 atom stereocenters. The van der Waals surface area contributed by atoms with E-state index in [1.165, 1.54) is 6.41 Å². The van der Waals surface area contributed by atoms with Gasteiger partial charge in [-0.2, -0.15) is 0 Å². The lowest BCUT2D eigenvalue weighted by Gasteiger charge is -2.00. The summed E-state index contributed by atoms with van der Waals surface area (Å²) < 4.78 is 23.7. The summed E-state index contributed by atoms with van der Waals surface area (Å²) in [6.45, 7) is 3.81. The summed E-state index contributed by atoms with van der Waals surface area (Å²) in [6, 6.07) is 0. The van der Waals surface area contributed by atoms with Crippen molar-refractivity contribution in [1.82, 2.24) is 10.0 Å². The van der Waals surface area contributed by atoms with E-state index in [2.05, 4.69) is 16.6 Å². The second-order valence-corrected chi connectivity index (χ2v) is 3.70. The molecule has 0 aliphatic rings. The van der Waals surface area contributed by atoms with E-state index in [-0.39, 0.29) is 6.54 Å². The molecule has 1 amide bonds. The third kappa shape index (κ3) is 5.87. The number of rotatable bonds is 7. The SMILES string of the molecule is C=CS(=O)(=O)NCCCN[C]=O. The molecule has 0 rings (SSSR count). The minimum absolute atomic E-state index is 0.281. The predicted molar refractivity (Wildman–Crippen MR) is 45.4 cm³/mol. The molecule has 12 heavy (non-hydrogen) atoms. The minimum Gasteiger partial charge on any atom is -0.348 e. The Hall–Kier alpha value is -0.880. The van der Waals surface area contributed by atoms with Crippen molar-refractivity contribution < 1.29 is 13.2 Å². The van der Waals surface area contributed by atoms with E-state index >= 15 is 0 Å². The maximum Gasteiger partial charge on any atom is 0.309 e. The third-order valence-corrected chi connectivity index (χ3v) is 2.12. The Bertz CT molecular complexity index is 235. The molecule has 0 aliphatic heterocycles. The van der Waals surface area contributed by atoms with Gasteiger partial charge in [0.25, 0.3) is 0 Å². The van der Waals surface area contributed by atoms with Gasteiger partial charge in [-0.1, -0.05) is 6.58 Å². The first-order valence-corrected chi connectivity index (χ1v) is 4.89. The van der Waals surface area contributed by atoms with Gasteiger partial charge >= 0.3 is 6.41 Å². The Labute approximate surface area is 71.9 Å². The Morgan fingerprint density at radius 3 is 2.58 bits per heavy atom. The van der Waals surface area contributed by atoms with Crippen LogP contribution in [-0.4, -0.2) is 27.9 Å².